The normalized spacial score (nSPS) is 13.3. The Morgan fingerprint density at radius 3 is 2.10 bits per heavy atom. The summed E-state index contributed by atoms with van der Waals surface area (Å²) in [6, 6.07) is 5.03. The molecule has 6 heteroatoms. The zero-order chi connectivity index (χ0) is 15.8. The summed E-state index contributed by atoms with van der Waals surface area (Å²) in [6.45, 7) is 1.46. The summed E-state index contributed by atoms with van der Waals surface area (Å²) in [5.41, 5.74) is 5.76. The van der Waals surface area contributed by atoms with E-state index < -0.39 is 29.4 Å². The maximum atomic E-state index is 13.7. The van der Waals surface area contributed by atoms with Gasteiger partial charge in [0.1, 0.15) is 11.6 Å². The van der Waals surface area contributed by atoms with E-state index >= 15 is 0 Å². The number of benzene rings is 2. The van der Waals surface area contributed by atoms with Crippen LogP contribution in [0.15, 0.2) is 36.4 Å². The van der Waals surface area contributed by atoms with E-state index in [4.69, 9.17) is 5.73 Å². The molecule has 2 aromatic carbocycles. The van der Waals surface area contributed by atoms with Crippen molar-refractivity contribution in [3.8, 4) is 0 Å². The van der Waals surface area contributed by atoms with Gasteiger partial charge in [0, 0.05) is 11.6 Å². The predicted octanol–water partition coefficient (Wildman–Crippen LogP) is 4.34. The highest BCUT2D eigenvalue weighted by molar-refractivity contribution is 5.40. The SMILES string of the molecule is Cc1cc(C(F)(F)F)ccc1C(N)c1ccc(F)cc1F. The molecule has 0 spiro atoms. The van der Waals surface area contributed by atoms with Crippen LogP contribution >= 0.6 is 0 Å². The average Bonchev–Trinajstić information content (AvgIpc) is 2.36. The van der Waals surface area contributed by atoms with Crippen LogP contribution in [0.3, 0.4) is 0 Å². The van der Waals surface area contributed by atoms with Crippen LogP contribution in [0.25, 0.3) is 0 Å². The van der Waals surface area contributed by atoms with Gasteiger partial charge in [-0.1, -0.05) is 12.1 Å². The fraction of sp³-hybridized carbons (Fsp3) is 0.200. The topological polar surface area (TPSA) is 26.0 Å². The molecule has 0 saturated heterocycles. The van der Waals surface area contributed by atoms with Gasteiger partial charge in [0.05, 0.1) is 11.6 Å². The number of alkyl halides is 3. The number of rotatable bonds is 2. The summed E-state index contributed by atoms with van der Waals surface area (Å²) in [7, 11) is 0. The molecule has 0 aliphatic carbocycles. The lowest BCUT2D eigenvalue weighted by atomic mass is 9.94. The van der Waals surface area contributed by atoms with Gasteiger partial charge in [0.2, 0.25) is 0 Å². The Hall–Kier alpha value is -1.95. The van der Waals surface area contributed by atoms with E-state index in [1.165, 1.54) is 19.1 Å². The number of aryl methyl sites for hydroxylation is 1. The number of halogens is 5. The van der Waals surface area contributed by atoms with Gasteiger partial charge in [-0.15, -0.1) is 0 Å². The second-order valence-electron chi connectivity index (χ2n) is 4.71. The summed E-state index contributed by atoms with van der Waals surface area (Å²) in [5.74, 6) is -1.57. The molecule has 2 aromatic rings. The monoisotopic (exact) mass is 301 g/mol. The lowest BCUT2D eigenvalue weighted by Crippen LogP contribution is -2.16. The van der Waals surface area contributed by atoms with Crippen LogP contribution in [0.4, 0.5) is 22.0 Å². The minimum Gasteiger partial charge on any atom is -0.320 e. The molecule has 0 aliphatic heterocycles. The number of hydrogen-bond acceptors (Lipinski definition) is 1. The van der Waals surface area contributed by atoms with E-state index in [9.17, 15) is 22.0 Å². The van der Waals surface area contributed by atoms with Gasteiger partial charge in [0.25, 0.3) is 0 Å². The van der Waals surface area contributed by atoms with Crippen LogP contribution in [0.5, 0.6) is 0 Å². The molecule has 0 amide bonds. The molecule has 0 fully saturated rings. The molecule has 1 unspecified atom stereocenters. The first kappa shape index (κ1) is 15.4. The van der Waals surface area contributed by atoms with Gasteiger partial charge in [-0.3, -0.25) is 0 Å². The van der Waals surface area contributed by atoms with Crippen molar-refractivity contribution in [2.75, 3.05) is 0 Å². The van der Waals surface area contributed by atoms with E-state index in [0.717, 1.165) is 18.2 Å². The molecule has 1 nitrogen and oxygen atoms in total. The molecule has 1 atom stereocenters. The Kier molecular flexibility index (Phi) is 4.00. The Morgan fingerprint density at radius 1 is 0.952 bits per heavy atom. The molecule has 0 saturated carbocycles. The molecule has 2 rings (SSSR count). The molecule has 0 aromatic heterocycles. The van der Waals surface area contributed by atoms with Crippen molar-refractivity contribution in [2.45, 2.75) is 19.1 Å². The minimum atomic E-state index is -4.45. The van der Waals surface area contributed by atoms with Crippen molar-refractivity contribution in [3.05, 3.63) is 70.3 Å². The van der Waals surface area contributed by atoms with Gasteiger partial charge in [-0.25, -0.2) is 8.78 Å². The molecule has 2 N–H and O–H groups in total. The van der Waals surface area contributed by atoms with Gasteiger partial charge < -0.3 is 5.73 Å². The van der Waals surface area contributed by atoms with Crippen molar-refractivity contribution in [1.82, 2.24) is 0 Å². The molecule has 112 valence electrons. The predicted molar refractivity (Wildman–Crippen MR) is 68.6 cm³/mol. The van der Waals surface area contributed by atoms with Crippen LogP contribution in [-0.2, 0) is 6.18 Å². The van der Waals surface area contributed by atoms with E-state index in [1.54, 1.807) is 0 Å². The molecule has 0 bridgehead atoms. The van der Waals surface area contributed by atoms with Gasteiger partial charge in [-0.2, -0.15) is 13.2 Å². The van der Waals surface area contributed by atoms with Gasteiger partial charge in [-0.05, 0) is 36.2 Å². The maximum Gasteiger partial charge on any atom is 0.416 e. The summed E-state index contributed by atoms with van der Waals surface area (Å²) in [6.07, 6.45) is -4.45. The minimum absolute atomic E-state index is 0.0271. The highest BCUT2D eigenvalue weighted by atomic mass is 19.4. The van der Waals surface area contributed by atoms with Crippen LogP contribution in [-0.4, -0.2) is 0 Å². The number of hydrogen-bond donors (Lipinski definition) is 1. The molecular weight excluding hydrogens is 289 g/mol. The van der Waals surface area contributed by atoms with E-state index in [1.807, 2.05) is 0 Å². The van der Waals surface area contributed by atoms with Crippen LogP contribution < -0.4 is 5.73 Å². The van der Waals surface area contributed by atoms with E-state index in [0.29, 0.717) is 17.2 Å². The first-order valence-electron chi connectivity index (χ1n) is 6.08. The van der Waals surface area contributed by atoms with E-state index in [-0.39, 0.29) is 5.56 Å². The largest absolute Gasteiger partial charge is 0.416 e. The molecular formula is C15H12F5N. The Morgan fingerprint density at radius 2 is 1.57 bits per heavy atom. The molecule has 0 heterocycles. The van der Waals surface area contributed by atoms with Crippen molar-refractivity contribution in [3.63, 3.8) is 0 Å². The third-order valence-electron chi connectivity index (χ3n) is 3.23. The summed E-state index contributed by atoms with van der Waals surface area (Å²) in [5, 5.41) is 0. The first-order chi connectivity index (χ1) is 9.70. The zero-order valence-electron chi connectivity index (χ0n) is 11.0. The second kappa shape index (κ2) is 5.44. The first-order valence-corrected chi connectivity index (χ1v) is 6.08. The number of nitrogens with two attached hydrogens (primary N) is 1. The van der Waals surface area contributed by atoms with Crippen molar-refractivity contribution >= 4 is 0 Å². The van der Waals surface area contributed by atoms with Crippen molar-refractivity contribution in [2.24, 2.45) is 5.73 Å². The Bertz CT molecular complexity index is 664. The standard InChI is InChI=1S/C15H12F5N/c1-8-6-9(15(18,19)20)2-4-11(8)14(21)12-5-3-10(16)7-13(12)17/h2-7,14H,21H2,1H3. The summed E-state index contributed by atoms with van der Waals surface area (Å²) >= 11 is 0. The fourth-order valence-electron chi connectivity index (χ4n) is 2.12. The summed E-state index contributed by atoms with van der Waals surface area (Å²) < 4.78 is 64.4. The highest BCUT2D eigenvalue weighted by Crippen LogP contribution is 2.32. The van der Waals surface area contributed by atoms with Crippen LogP contribution in [0.1, 0.15) is 28.3 Å². The average molecular weight is 301 g/mol. The van der Waals surface area contributed by atoms with E-state index in [2.05, 4.69) is 0 Å². The smallest absolute Gasteiger partial charge is 0.320 e. The zero-order valence-corrected chi connectivity index (χ0v) is 11.0. The molecule has 0 radical (unpaired) electrons. The Balaban J connectivity index is 2.42. The summed E-state index contributed by atoms with van der Waals surface area (Å²) in [4.78, 5) is 0. The lowest BCUT2D eigenvalue weighted by molar-refractivity contribution is -0.137. The molecule has 21 heavy (non-hydrogen) atoms. The van der Waals surface area contributed by atoms with Crippen LogP contribution in [0, 0.1) is 18.6 Å². The van der Waals surface area contributed by atoms with Gasteiger partial charge in [0.15, 0.2) is 0 Å². The van der Waals surface area contributed by atoms with Crippen molar-refractivity contribution < 1.29 is 22.0 Å². The van der Waals surface area contributed by atoms with Crippen LogP contribution in [0.2, 0.25) is 0 Å². The Labute approximate surface area is 118 Å². The van der Waals surface area contributed by atoms with Gasteiger partial charge >= 0.3 is 6.18 Å². The maximum absolute atomic E-state index is 13.7. The lowest BCUT2D eigenvalue weighted by Gasteiger charge is -2.17. The van der Waals surface area contributed by atoms with Crippen molar-refractivity contribution in [1.29, 1.82) is 0 Å². The third kappa shape index (κ3) is 3.21. The second-order valence-corrected chi connectivity index (χ2v) is 4.71. The quantitative estimate of drug-likeness (QED) is 0.820. The fourth-order valence-corrected chi connectivity index (χ4v) is 2.12. The third-order valence-corrected chi connectivity index (χ3v) is 3.23. The molecule has 0 aliphatic rings. The highest BCUT2D eigenvalue weighted by Gasteiger charge is 2.31.